The van der Waals surface area contributed by atoms with Crippen LogP contribution in [0.1, 0.15) is 40.0 Å². The van der Waals surface area contributed by atoms with Gasteiger partial charge in [0.25, 0.3) is 0 Å². The Morgan fingerprint density at radius 3 is 2.21 bits per heavy atom. The number of nitriles is 1. The fraction of sp³-hybridized carbons (Fsp3) is 0.789. The van der Waals surface area contributed by atoms with Crippen molar-refractivity contribution in [2.75, 3.05) is 39.4 Å². The Bertz CT molecular complexity index is 655. The van der Waals surface area contributed by atoms with E-state index in [0.717, 1.165) is 0 Å². The van der Waals surface area contributed by atoms with Gasteiger partial charge >= 0.3 is 12.1 Å². The lowest BCUT2D eigenvalue weighted by Gasteiger charge is -2.38. The van der Waals surface area contributed by atoms with Crippen LogP contribution < -0.4 is 10.6 Å². The van der Waals surface area contributed by atoms with E-state index >= 15 is 0 Å². The van der Waals surface area contributed by atoms with Crippen LogP contribution in [0.3, 0.4) is 0 Å². The number of amides is 4. The SMILES string of the molecule is CC(C)(C)CC(NC(=O)N1CCOCC1)C(=O)NC1(C#N)CCN(C(=O)O)CC1. The van der Waals surface area contributed by atoms with Crippen LogP contribution in [0.4, 0.5) is 9.59 Å². The minimum atomic E-state index is -1.14. The molecule has 2 fully saturated rings. The lowest BCUT2D eigenvalue weighted by Crippen LogP contribution is -2.60. The normalized spacial score (nSPS) is 20.3. The predicted octanol–water partition coefficient (Wildman–Crippen LogP) is 0.985. The van der Waals surface area contributed by atoms with Gasteiger partial charge in [0, 0.05) is 39.0 Å². The number of nitrogens with zero attached hydrogens (tertiary/aromatic N) is 3. The zero-order valence-electron chi connectivity index (χ0n) is 17.4. The number of rotatable bonds is 4. The molecule has 162 valence electrons. The summed E-state index contributed by atoms with van der Waals surface area (Å²) >= 11 is 0. The lowest BCUT2D eigenvalue weighted by atomic mass is 9.85. The quantitative estimate of drug-likeness (QED) is 0.634. The summed E-state index contributed by atoms with van der Waals surface area (Å²) in [5.41, 5.74) is -1.37. The summed E-state index contributed by atoms with van der Waals surface area (Å²) in [6.07, 6.45) is -0.216. The van der Waals surface area contributed by atoms with Crippen molar-refractivity contribution in [1.82, 2.24) is 20.4 Å². The molecule has 0 aromatic rings. The number of ether oxygens (including phenoxy) is 1. The number of carbonyl (C=O) groups is 3. The molecule has 1 atom stereocenters. The number of hydrogen-bond acceptors (Lipinski definition) is 5. The van der Waals surface area contributed by atoms with Crippen LogP contribution in [0.2, 0.25) is 0 Å². The smallest absolute Gasteiger partial charge is 0.407 e. The molecule has 0 radical (unpaired) electrons. The molecule has 2 heterocycles. The maximum absolute atomic E-state index is 13.0. The summed E-state index contributed by atoms with van der Waals surface area (Å²) in [6.45, 7) is 8.10. The van der Waals surface area contributed by atoms with Gasteiger partial charge < -0.3 is 30.3 Å². The Hall–Kier alpha value is -2.54. The standard InChI is InChI=1S/C19H31N5O5/c1-18(2,3)12-14(21-16(26)23-8-10-29-11-9-23)15(25)22-19(13-20)4-6-24(7-5-19)17(27)28/h14H,4-12H2,1-3H3,(H,21,26)(H,22,25)(H,27,28). The van der Waals surface area contributed by atoms with Gasteiger partial charge in [-0.3, -0.25) is 4.79 Å². The highest BCUT2D eigenvalue weighted by molar-refractivity contribution is 5.88. The maximum Gasteiger partial charge on any atom is 0.407 e. The first-order valence-electron chi connectivity index (χ1n) is 9.90. The third-order valence-electron chi connectivity index (χ3n) is 5.19. The number of hydrogen-bond donors (Lipinski definition) is 3. The summed E-state index contributed by atoms with van der Waals surface area (Å²) in [5.74, 6) is -0.424. The lowest BCUT2D eigenvalue weighted by molar-refractivity contribution is -0.125. The molecule has 0 aliphatic carbocycles. The fourth-order valence-corrected chi connectivity index (χ4v) is 3.50. The fourth-order valence-electron chi connectivity index (χ4n) is 3.50. The molecule has 0 aromatic carbocycles. The molecule has 2 saturated heterocycles. The van der Waals surface area contributed by atoms with E-state index < -0.39 is 23.6 Å². The zero-order chi connectivity index (χ0) is 21.7. The highest BCUT2D eigenvalue weighted by Crippen LogP contribution is 2.25. The number of nitrogens with one attached hydrogen (secondary N) is 2. The van der Waals surface area contributed by atoms with Crippen LogP contribution in [-0.4, -0.2) is 83.9 Å². The summed E-state index contributed by atoms with van der Waals surface area (Å²) in [4.78, 5) is 39.6. The molecule has 1 unspecified atom stereocenters. The third-order valence-corrected chi connectivity index (χ3v) is 5.19. The van der Waals surface area contributed by atoms with Crippen molar-refractivity contribution in [3.8, 4) is 6.07 Å². The van der Waals surface area contributed by atoms with E-state index in [2.05, 4.69) is 16.7 Å². The monoisotopic (exact) mass is 409 g/mol. The molecule has 2 rings (SSSR count). The first kappa shape index (κ1) is 22.7. The topological polar surface area (TPSA) is 135 Å². The predicted molar refractivity (Wildman–Crippen MR) is 104 cm³/mol. The van der Waals surface area contributed by atoms with Gasteiger partial charge in [0.15, 0.2) is 0 Å². The number of urea groups is 1. The van der Waals surface area contributed by atoms with Crippen LogP contribution in [0, 0.1) is 16.7 Å². The molecule has 29 heavy (non-hydrogen) atoms. The van der Waals surface area contributed by atoms with Crippen molar-refractivity contribution in [3.05, 3.63) is 0 Å². The van der Waals surface area contributed by atoms with Crippen LogP contribution in [-0.2, 0) is 9.53 Å². The van der Waals surface area contributed by atoms with E-state index in [1.54, 1.807) is 4.90 Å². The van der Waals surface area contributed by atoms with Crippen molar-refractivity contribution in [2.45, 2.75) is 51.6 Å². The van der Waals surface area contributed by atoms with E-state index in [1.807, 2.05) is 20.8 Å². The van der Waals surface area contributed by atoms with Crippen molar-refractivity contribution in [1.29, 1.82) is 5.26 Å². The van der Waals surface area contributed by atoms with E-state index in [1.165, 1.54) is 4.90 Å². The number of likely N-dealkylation sites (tertiary alicyclic amines) is 1. The molecule has 10 nitrogen and oxygen atoms in total. The van der Waals surface area contributed by atoms with Crippen LogP contribution >= 0.6 is 0 Å². The number of carbonyl (C=O) groups excluding carboxylic acids is 2. The zero-order valence-corrected chi connectivity index (χ0v) is 17.4. The molecule has 2 aliphatic rings. The van der Waals surface area contributed by atoms with Crippen LogP contribution in [0.25, 0.3) is 0 Å². The van der Waals surface area contributed by atoms with Gasteiger partial charge in [-0.2, -0.15) is 5.26 Å². The highest BCUT2D eigenvalue weighted by Gasteiger charge is 2.40. The minimum Gasteiger partial charge on any atom is -0.465 e. The Labute approximate surface area is 171 Å². The first-order chi connectivity index (χ1) is 13.6. The second kappa shape index (κ2) is 9.31. The minimum absolute atomic E-state index is 0.174. The summed E-state index contributed by atoms with van der Waals surface area (Å²) < 4.78 is 5.25. The van der Waals surface area contributed by atoms with Crippen molar-refractivity contribution in [2.24, 2.45) is 5.41 Å². The van der Waals surface area contributed by atoms with Crippen LogP contribution in [0.5, 0.6) is 0 Å². The molecule has 0 spiro atoms. The Balaban J connectivity index is 2.07. The van der Waals surface area contributed by atoms with Gasteiger partial charge in [-0.05, 0) is 11.8 Å². The summed E-state index contributed by atoms with van der Waals surface area (Å²) in [5, 5.41) is 24.4. The van der Waals surface area contributed by atoms with E-state index in [9.17, 15) is 19.6 Å². The molecule has 2 aliphatic heterocycles. The summed E-state index contributed by atoms with van der Waals surface area (Å²) in [6, 6.07) is 1.02. The molecule has 0 saturated carbocycles. The largest absolute Gasteiger partial charge is 0.465 e. The Morgan fingerprint density at radius 1 is 1.14 bits per heavy atom. The molecule has 4 amide bonds. The Kier molecular flexibility index (Phi) is 7.30. The van der Waals surface area contributed by atoms with Gasteiger partial charge in [-0.25, -0.2) is 9.59 Å². The van der Waals surface area contributed by atoms with Gasteiger partial charge in [0.1, 0.15) is 11.6 Å². The second-order valence-electron chi connectivity index (χ2n) is 8.82. The molecule has 10 heteroatoms. The number of carboxylic acid groups (broad SMARTS) is 1. The van der Waals surface area contributed by atoms with Gasteiger partial charge in [0.05, 0.1) is 19.3 Å². The molecular formula is C19H31N5O5. The maximum atomic E-state index is 13.0. The summed E-state index contributed by atoms with van der Waals surface area (Å²) in [7, 11) is 0. The van der Waals surface area contributed by atoms with Crippen LogP contribution in [0.15, 0.2) is 0 Å². The second-order valence-corrected chi connectivity index (χ2v) is 8.82. The molecule has 0 aromatic heterocycles. The average molecular weight is 409 g/mol. The average Bonchev–Trinajstić information content (AvgIpc) is 2.67. The number of morpholine rings is 1. The van der Waals surface area contributed by atoms with E-state index in [4.69, 9.17) is 9.84 Å². The Morgan fingerprint density at radius 2 is 1.72 bits per heavy atom. The van der Waals surface area contributed by atoms with Gasteiger partial charge in [-0.15, -0.1) is 0 Å². The highest BCUT2D eigenvalue weighted by atomic mass is 16.5. The molecule has 0 bridgehead atoms. The van der Waals surface area contributed by atoms with Gasteiger partial charge in [-0.1, -0.05) is 20.8 Å². The molecular weight excluding hydrogens is 378 g/mol. The van der Waals surface area contributed by atoms with Crippen molar-refractivity contribution >= 4 is 18.0 Å². The van der Waals surface area contributed by atoms with Crippen molar-refractivity contribution in [3.63, 3.8) is 0 Å². The van der Waals surface area contributed by atoms with E-state index in [-0.39, 0.29) is 37.4 Å². The van der Waals surface area contributed by atoms with Gasteiger partial charge in [0.2, 0.25) is 5.91 Å². The number of piperidine rings is 1. The van der Waals surface area contributed by atoms with E-state index in [0.29, 0.717) is 32.7 Å². The van der Waals surface area contributed by atoms with Crippen molar-refractivity contribution < 1.29 is 24.2 Å². The molecule has 3 N–H and O–H groups in total. The third kappa shape index (κ3) is 6.49. The first-order valence-corrected chi connectivity index (χ1v) is 9.90.